The summed E-state index contributed by atoms with van der Waals surface area (Å²) in [4.78, 5) is 17.2. The second-order valence-corrected chi connectivity index (χ2v) is 13.0. The monoisotopic (exact) mass is 573 g/mol. The molecular weight excluding hydrogens is 534 g/mol. The highest BCUT2D eigenvalue weighted by Crippen LogP contribution is 2.56. The van der Waals surface area contributed by atoms with Gasteiger partial charge in [-0.2, -0.15) is 0 Å². The number of hydrogen-bond acceptors (Lipinski definition) is 5. The lowest BCUT2D eigenvalue weighted by Gasteiger charge is -2.47. The standard InChI is InChI=1S/C34H40ClN3O3/c1-22(21-41-29-11-17-37-31-30(29)23(2)10-16-36-31)18-25-19-24-6-3-4-9-28(24)33(25)12-14-34(15-13-33,32(39)40)38-27-8-5-7-26(35)20-27/h3-9,11,17,20,22-23,25,38H,10,12-16,18-19,21H2,1-2H3,(H,36,37)(H,39,40)/t22-,23-,25+,33?,34?/m1/s1. The first kappa shape index (κ1) is 27.9. The third kappa shape index (κ3) is 5.27. The Balaban J connectivity index is 1.19. The Kier molecular flexibility index (Phi) is 7.62. The SMILES string of the molecule is C[C@@H](COc1ccnc2c1[C@H](C)CCN2)C[C@H]1Cc2ccccc2C12CCC(Nc1cccc(Cl)c1)(C(=O)O)CC2. The molecule has 2 aliphatic carbocycles. The second-order valence-electron chi connectivity index (χ2n) is 12.6. The molecule has 0 saturated heterocycles. The fourth-order valence-corrected chi connectivity index (χ4v) is 7.94. The summed E-state index contributed by atoms with van der Waals surface area (Å²) >= 11 is 6.21. The lowest BCUT2D eigenvalue weighted by atomic mass is 9.59. The third-order valence-corrected chi connectivity index (χ3v) is 10.2. The van der Waals surface area contributed by atoms with E-state index in [1.807, 2.05) is 36.5 Å². The normalized spacial score (nSPS) is 27.4. The fraction of sp³-hybridized carbons (Fsp3) is 0.471. The number of anilines is 2. The molecule has 0 amide bonds. The molecule has 0 bridgehead atoms. The maximum Gasteiger partial charge on any atom is 0.329 e. The van der Waals surface area contributed by atoms with Crippen LogP contribution >= 0.6 is 11.6 Å². The van der Waals surface area contributed by atoms with Crippen molar-refractivity contribution in [1.82, 2.24) is 4.98 Å². The summed E-state index contributed by atoms with van der Waals surface area (Å²) < 4.78 is 6.46. The van der Waals surface area contributed by atoms with Gasteiger partial charge in [-0.15, -0.1) is 0 Å². The Bertz CT molecular complexity index is 1420. The lowest BCUT2D eigenvalue weighted by Crippen LogP contribution is -2.53. The number of benzene rings is 2. The molecule has 1 saturated carbocycles. The van der Waals surface area contributed by atoms with Crippen LogP contribution in [0, 0.1) is 11.8 Å². The number of rotatable bonds is 8. The van der Waals surface area contributed by atoms with Gasteiger partial charge < -0.3 is 20.5 Å². The van der Waals surface area contributed by atoms with E-state index in [0.717, 1.165) is 55.9 Å². The lowest BCUT2D eigenvalue weighted by molar-refractivity contribution is -0.144. The highest BCUT2D eigenvalue weighted by atomic mass is 35.5. The second kappa shape index (κ2) is 11.2. The van der Waals surface area contributed by atoms with Crippen LogP contribution in [0.15, 0.2) is 60.8 Å². The Morgan fingerprint density at radius 2 is 1.98 bits per heavy atom. The van der Waals surface area contributed by atoms with Crippen molar-refractivity contribution in [2.45, 2.75) is 75.7 Å². The van der Waals surface area contributed by atoms with Gasteiger partial charge in [-0.25, -0.2) is 9.78 Å². The van der Waals surface area contributed by atoms with Crippen LogP contribution in [0.1, 0.15) is 75.0 Å². The number of carboxylic acids is 1. The van der Waals surface area contributed by atoms with Crippen molar-refractivity contribution in [2.75, 3.05) is 23.8 Å². The highest BCUT2D eigenvalue weighted by molar-refractivity contribution is 6.30. The van der Waals surface area contributed by atoms with Gasteiger partial charge in [0.05, 0.1) is 6.61 Å². The van der Waals surface area contributed by atoms with E-state index in [2.05, 4.69) is 53.7 Å². The summed E-state index contributed by atoms with van der Waals surface area (Å²) in [7, 11) is 0. The first-order chi connectivity index (χ1) is 19.8. The molecule has 7 heteroatoms. The topological polar surface area (TPSA) is 83.5 Å². The number of fused-ring (bicyclic) bond motifs is 3. The summed E-state index contributed by atoms with van der Waals surface area (Å²) in [6.45, 7) is 6.14. The number of halogens is 1. The largest absolute Gasteiger partial charge is 0.493 e. The van der Waals surface area contributed by atoms with Crippen LogP contribution in [-0.2, 0) is 16.6 Å². The molecule has 41 heavy (non-hydrogen) atoms. The van der Waals surface area contributed by atoms with E-state index in [0.29, 0.717) is 42.2 Å². The molecule has 1 fully saturated rings. The molecule has 1 aliphatic heterocycles. The van der Waals surface area contributed by atoms with Crippen LogP contribution in [0.2, 0.25) is 5.02 Å². The van der Waals surface area contributed by atoms with E-state index < -0.39 is 11.5 Å². The first-order valence-corrected chi connectivity index (χ1v) is 15.4. The van der Waals surface area contributed by atoms with E-state index in [-0.39, 0.29) is 5.41 Å². The molecule has 0 unspecified atom stereocenters. The molecule has 3 N–H and O–H groups in total. The van der Waals surface area contributed by atoms with Crippen LogP contribution in [0.4, 0.5) is 11.5 Å². The van der Waals surface area contributed by atoms with Gasteiger partial charge in [0.1, 0.15) is 17.1 Å². The molecule has 2 aromatic carbocycles. The molecular formula is C34H40ClN3O3. The number of aromatic nitrogens is 1. The average Bonchev–Trinajstić information content (AvgIpc) is 3.25. The molecule has 3 aromatic rings. The van der Waals surface area contributed by atoms with E-state index >= 15 is 0 Å². The smallest absolute Gasteiger partial charge is 0.329 e. The summed E-state index contributed by atoms with van der Waals surface area (Å²) in [5.74, 6) is 2.34. The minimum Gasteiger partial charge on any atom is -0.493 e. The van der Waals surface area contributed by atoms with Crippen LogP contribution in [0.25, 0.3) is 0 Å². The Morgan fingerprint density at radius 1 is 1.17 bits per heavy atom. The zero-order chi connectivity index (χ0) is 28.6. The minimum atomic E-state index is -1.00. The average molecular weight is 574 g/mol. The molecule has 1 aromatic heterocycles. The van der Waals surface area contributed by atoms with Crippen molar-refractivity contribution in [2.24, 2.45) is 11.8 Å². The van der Waals surface area contributed by atoms with E-state index in [1.165, 1.54) is 16.7 Å². The van der Waals surface area contributed by atoms with Crippen molar-refractivity contribution >= 4 is 29.1 Å². The van der Waals surface area contributed by atoms with Crippen LogP contribution in [0.3, 0.4) is 0 Å². The van der Waals surface area contributed by atoms with Gasteiger partial charge in [0.2, 0.25) is 0 Å². The molecule has 2 heterocycles. The van der Waals surface area contributed by atoms with Crippen molar-refractivity contribution in [3.63, 3.8) is 0 Å². The minimum absolute atomic E-state index is 0.0198. The third-order valence-electron chi connectivity index (χ3n) is 9.94. The number of aliphatic carboxylic acids is 1. The zero-order valence-corrected chi connectivity index (χ0v) is 24.7. The van der Waals surface area contributed by atoms with Crippen LogP contribution in [0.5, 0.6) is 5.75 Å². The first-order valence-electron chi connectivity index (χ1n) is 15.0. The molecule has 216 valence electrons. The molecule has 3 aliphatic rings. The van der Waals surface area contributed by atoms with Gasteiger partial charge in [-0.3, -0.25) is 0 Å². The maximum absolute atomic E-state index is 12.7. The molecule has 3 atom stereocenters. The number of ether oxygens (including phenoxy) is 1. The molecule has 0 radical (unpaired) electrons. The van der Waals surface area contributed by atoms with Gasteiger partial charge in [0.25, 0.3) is 0 Å². The zero-order valence-electron chi connectivity index (χ0n) is 24.0. The van der Waals surface area contributed by atoms with E-state index in [1.54, 1.807) is 0 Å². The van der Waals surface area contributed by atoms with Crippen molar-refractivity contribution in [3.05, 3.63) is 82.5 Å². The predicted octanol–water partition coefficient (Wildman–Crippen LogP) is 7.68. The van der Waals surface area contributed by atoms with Gasteiger partial charge in [0.15, 0.2) is 0 Å². The number of nitrogens with one attached hydrogen (secondary N) is 2. The van der Waals surface area contributed by atoms with Crippen molar-refractivity contribution in [1.29, 1.82) is 0 Å². The van der Waals surface area contributed by atoms with Crippen molar-refractivity contribution < 1.29 is 14.6 Å². The predicted molar refractivity (Wildman–Crippen MR) is 164 cm³/mol. The van der Waals surface area contributed by atoms with E-state index in [4.69, 9.17) is 16.3 Å². The Hall–Kier alpha value is -3.25. The van der Waals surface area contributed by atoms with Crippen molar-refractivity contribution in [3.8, 4) is 5.75 Å². The summed E-state index contributed by atoms with van der Waals surface area (Å²) in [6.07, 6.45) is 7.80. The Labute approximate surface area is 247 Å². The number of carbonyl (C=O) groups is 1. The van der Waals surface area contributed by atoms with Crippen LogP contribution in [-0.4, -0.2) is 34.8 Å². The molecule has 1 spiro atoms. The summed E-state index contributed by atoms with van der Waals surface area (Å²) in [5, 5.41) is 17.8. The van der Waals surface area contributed by atoms with Gasteiger partial charge in [-0.05, 0) is 104 Å². The number of nitrogens with zero attached hydrogens (tertiary/aromatic N) is 1. The fourth-order valence-electron chi connectivity index (χ4n) is 7.74. The number of pyridine rings is 1. The van der Waals surface area contributed by atoms with Gasteiger partial charge in [0, 0.05) is 29.0 Å². The molecule has 6 rings (SSSR count). The van der Waals surface area contributed by atoms with E-state index in [9.17, 15) is 9.90 Å². The quantitative estimate of drug-likeness (QED) is 0.256. The highest BCUT2D eigenvalue weighted by Gasteiger charge is 2.54. The van der Waals surface area contributed by atoms with Gasteiger partial charge in [-0.1, -0.05) is 55.8 Å². The summed E-state index contributed by atoms with van der Waals surface area (Å²) in [5.41, 5.74) is 3.77. The number of hydrogen-bond donors (Lipinski definition) is 3. The summed E-state index contributed by atoms with van der Waals surface area (Å²) in [6, 6.07) is 18.2. The molecule has 6 nitrogen and oxygen atoms in total. The van der Waals surface area contributed by atoms with Gasteiger partial charge >= 0.3 is 5.97 Å². The van der Waals surface area contributed by atoms with Crippen LogP contribution < -0.4 is 15.4 Å². The maximum atomic E-state index is 12.7. The Morgan fingerprint density at radius 3 is 2.76 bits per heavy atom. The number of carboxylic acid groups (broad SMARTS) is 1.